The van der Waals surface area contributed by atoms with Crippen molar-refractivity contribution in [2.45, 2.75) is 26.4 Å². The van der Waals surface area contributed by atoms with Crippen molar-refractivity contribution in [3.05, 3.63) is 22.3 Å². The van der Waals surface area contributed by atoms with Crippen molar-refractivity contribution >= 4 is 27.8 Å². The molecule has 0 fully saturated rings. The predicted octanol–water partition coefficient (Wildman–Crippen LogP) is 3.06. The second-order valence-corrected chi connectivity index (χ2v) is 5.12. The van der Waals surface area contributed by atoms with E-state index in [2.05, 4.69) is 26.2 Å². The van der Waals surface area contributed by atoms with E-state index in [1.165, 1.54) is 0 Å². The Morgan fingerprint density at radius 3 is 2.71 bits per heavy atom. The molecule has 0 unspecified atom stereocenters. The van der Waals surface area contributed by atoms with Crippen LogP contribution in [0.3, 0.4) is 0 Å². The maximum absolute atomic E-state index is 11.4. The number of pyridine rings is 1. The largest absolute Gasteiger partial charge is 0.444 e. The van der Waals surface area contributed by atoms with Crippen LogP contribution in [0.25, 0.3) is 0 Å². The molecule has 0 saturated heterocycles. The summed E-state index contributed by atoms with van der Waals surface area (Å²) >= 11 is 3.18. The molecule has 0 aliphatic rings. The second-order valence-electron chi connectivity index (χ2n) is 4.27. The Kier molecular flexibility index (Phi) is 4.07. The normalized spacial score (nSPS) is 10.5. The molecule has 1 heterocycles. The van der Waals surface area contributed by atoms with Crippen LogP contribution in [0.1, 0.15) is 26.5 Å². The third-order valence-corrected chi connectivity index (χ3v) is 2.22. The highest BCUT2D eigenvalue weighted by Gasteiger charge is 2.16. The van der Waals surface area contributed by atoms with Gasteiger partial charge in [-0.2, -0.15) is 5.26 Å². The Morgan fingerprint density at radius 1 is 1.53 bits per heavy atom. The molecule has 0 aliphatic carbocycles. The van der Waals surface area contributed by atoms with Crippen molar-refractivity contribution in [3.63, 3.8) is 0 Å². The lowest BCUT2D eigenvalue weighted by atomic mass is 10.2. The standard InChI is InChI=1S/C11H12BrN3O2/c1-11(2,3)17-10(16)15-9-5-4-7(12)8(6-13)14-9/h4-5H,1-3H3,(H,14,15,16). The molecule has 1 aromatic heterocycles. The van der Waals surface area contributed by atoms with Crippen molar-refractivity contribution in [2.75, 3.05) is 5.32 Å². The Hall–Kier alpha value is -1.61. The van der Waals surface area contributed by atoms with Gasteiger partial charge in [0.05, 0.1) is 4.47 Å². The Balaban J connectivity index is 2.77. The van der Waals surface area contributed by atoms with Gasteiger partial charge in [0.1, 0.15) is 17.5 Å². The second kappa shape index (κ2) is 5.15. The number of nitriles is 1. The number of hydrogen-bond acceptors (Lipinski definition) is 4. The summed E-state index contributed by atoms with van der Waals surface area (Å²) < 4.78 is 5.64. The summed E-state index contributed by atoms with van der Waals surface area (Å²) in [5.74, 6) is 0.277. The van der Waals surface area contributed by atoms with Crippen molar-refractivity contribution < 1.29 is 9.53 Å². The van der Waals surface area contributed by atoms with Crippen LogP contribution in [-0.2, 0) is 4.74 Å². The molecule has 1 N–H and O–H groups in total. The number of nitrogens with one attached hydrogen (secondary N) is 1. The average Bonchev–Trinajstić information content (AvgIpc) is 2.18. The molecule has 5 nitrogen and oxygen atoms in total. The fourth-order valence-corrected chi connectivity index (χ4v) is 1.31. The average molecular weight is 298 g/mol. The monoisotopic (exact) mass is 297 g/mol. The first kappa shape index (κ1) is 13.5. The summed E-state index contributed by atoms with van der Waals surface area (Å²) in [4.78, 5) is 15.4. The fourth-order valence-electron chi connectivity index (χ4n) is 0.998. The molecule has 0 aromatic carbocycles. The summed E-state index contributed by atoms with van der Waals surface area (Å²) in [6.07, 6.45) is -0.601. The van der Waals surface area contributed by atoms with Crippen LogP contribution >= 0.6 is 15.9 Å². The molecule has 1 aromatic rings. The number of amides is 1. The topological polar surface area (TPSA) is 75.0 Å². The minimum Gasteiger partial charge on any atom is -0.444 e. The van der Waals surface area contributed by atoms with Crippen molar-refractivity contribution in [1.29, 1.82) is 5.26 Å². The molecular formula is C11H12BrN3O2. The molecular weight excluding hydrogens is 286 g/mol. The van der Waals surface area contributed by atoms with Crippen LogP contribution in [0.4, 0.5) is 10.6 Å². The zero-order valence-electron chi connectivity index (χ0n) is 9.74. The highest BCUT2D eigenvalue weighted by Crippen LogP contribution is 2.17. The molecule has 6 heteroatoms. The molecule has 0 saturated carbocycles. The summed E-state index contributed by atoms with van der Waals surface area (Å²) in [6.45, 7) is 5.30. The number of aromatic nitrogens is 1. The van der Waals surface area contributed by atoms with Crippen LogP contribution in [0.2, 0.25) is 0 Å². The molecule has 0 aliphatic heterocycles. The van der Waals surface area contributed by atoms with Gasteiger partial charge in [0.2, 0.25) is 0 Å². The minimum absolute atomic E-state index is 0.207. The molecule has 0 spiro atoms. The maximum Gasteiger partial charge on any atom is 0.413 e. The molecule has 17 heavy (non-hydrogen) atoms. The van der Waals surface area contributed by atoms with Crippen LogP contribution in [0.15, 0.2) is 16.6 Å². The summed E-state index contributed by atoms with van der Waals surface area (Å²) in [6, 6.07) is 5.12. The van der Waals surface area contributed by atoms with Gasteiger partial charge in [0.15, 0.2) is 5.69 Å². The van der Waals surface area contributed by atoms with E-state index < -0.39 is 11.7 Å². The van der Waals surface area contributed by atoms with E-state index in [1.807, 2.05) is 6.07 Å². The maximum atomic E-state index is 11.4. The highest BCUT2D eigenvalue weighted by molar-refractivity contribution is 9.10. The SMILES string of the molecule is CC(C)(C)OC(=O)Nc1ccc(Br)c(C#N)n1. The smallest absolute Gasteiger partial charge is 0.413 e. The number of carbonyl (C=O) groups is 1. The highest BCUT2D eigenvalue weighted by atomic mass is 79.9. The quantitative estimate of drug-likeness (QED) is 0.864. The summed E-state index contributed by atoms with van der Waals surface area (Å²) in [5, 5.41) is 11.2. The predicted molar refractivity (Wildman–Crippen MR) is 66.5 cm³/mol. The molecule has 0 radical (unpaired) electrons. The molecule has 0 atom stereocenters. The van der Waals surface area contributed by atoms with Gasteiger partial charge in [-0.05, 0) is 48.8 Å². The summed E-state index contributed by atoms with van der Waals surface area (Å²) in [7, 11) is 0. The van der Waals surface area contributed by atoms with E-state index in [0.717, 1.165) is 0 Å². The van der Waals surface area contributed by atoms with Gasteiger partial charge >= 0.3 is 6.09 Å². The third kappa shape index (κ3) is 4.41. The first-order valence-corrected chi connectivity index (χ1v) is 5.68. The zero-order chi connectivity index (χ0) is 13.1. The van der Waals surface area contributed by atoms with Crippen LogP contribution in [-0.4, -0.2) is 16.7 Å². The van der Waals surface area contributed by atoms with Crippen LogP contribution < -0.4 is 5.32 Å². The number of nitrogens with zero attached hydrogens (tertiary/aromatic N) is 2. The van der Waals surface area contributed by atoms with E-state index in [0.29, 0.717) is 4.47 Å². The first-order valence-electron chi connectivity index (χ1n) is 4.88. The van der Waals surface area contributed by atoms with E-state index in [4.69, 9.17) is 10.00 Å². The minimum atomic E-state index is -0.601. The Bertz CT molecular complexity index is 475. The van der Waals surface area contributed by atoms with Crippen molar-refractivity contribution in [2.24, 2.45) is 0 Å². The van der Waals surface area contributed by atoms with E-state index >= 15 is 0 Å². The lowest BCUT2D eigenvalue weighted by Crippen LogP contribution is -2.27. The van der Waals surface area contributed by atoms with Gasteiger partial charge in [-0.15, -0.1) is 0 Å². The van der Waals surface area contributed by atoms with Crippen molar-refractivity contribution in [1.82, 2.24) is 4.98 Å². The van der Waals surface area contributed by atoms with Crippen molar-refractivity contribution in [3.8, 4) is 6.07 Å². The number of anilines is 1. The Morgan fingerprint density at radius 2 is 2.18 bits per heavy atom. The Labute approximate surface area is 108 Å². The lowest BCUT2D eigenvalue weighted by molar-refractivity contribution is 0.0635. The number of rotatable bonds is 1. The number of hydrogen-bond donors (Lipinski definition) is 1. The molecule has 1 rings (SSSR count). The van der Waals surface area contributed by atoms with E-state index in [-0.39, 0.29) is 11.5 Å². The van der Waals surface area contributed by atoms with Gasteiger partial charge in [-0.3, -0.25) is 5.32 Å². The summed E-state index contributed by atoms with van der Waals surface area (Å²) in [5.41, 5.74) is -0.365. The number of ether oxygens (including phenoxy) is 1. The van der Waals surface area contributed by atoms with Gasteiger partial charge in [-0.1, -0.05) is 0 Å². The molecule has 90 valence electrons. The zero-order valence-corrected chi connectivity index (χ0v) is 11.3. The molecule has 1 amide bonds. The van der Waals surface area contributed by atoms with Crippen LogP contribution in [0, 0.1) is 11.3 Å². The van der Waals surface area contributed by atoms with E-state index in [1.54, 1.807) is 32.9 Å². The van der Waals surface area contributed by atoms with E-state index in [9.17, 15) is 4.79 Å². The van der Waals surface area contributed by atoms with Gasteiger partial charge in [0, 0.05) is 0 Å². The number of carbonyl (C=O) groups excluding carboxylic acids is 1. The third-order valence-electron chi connectivity index (χ3n) is 1.58. The van der Waals surface area contributed by atoms with Gasteiger partial charge in [-0.25, -0.2) is 9.78 Å². The molecule has 0 bridgehead atoms. The van der Waals surface area contributed by atoms with Crippen LogP contribution in [0.5, 0.6) is 0 Å². The lowest BCUT2D eigenvalue weighted by Gasteiger charge is -2.19. The van der Waals surface area contributed by atoms with Gasteiger partial charge in [0.25, 0.3) is 0 Å². The fraction of sp³-hybridized carbons (Fsp3) is 0.364. The van der Waals surface area contributed by atoms with Gasteiger partial charge < -0.3 is 4.74 Å². The first-order chi connectivity index (χ1) is 7.81. The number of halogens is 1.